The van der Waals surface area contributed by atoms with Crippen LogP contribution in [0.25, 0.3) is 0 Å². The first kappa shape index (κ1) is 11.9. The standard InChI is InChI=1S/C14H19N3/c1-2-15-10-13-11-16-14(17-13)9-8-12-6-4-3-5-7-12/h3-7,11,15H,2,8-10H2,1H3,(H,16,17). The second kappa shape index (κ2) is 6.21. The minimum Gasteiger partial charge on any atom is -0.345 e. The Bertz CT molecular complexity index is 434. The molecule has 2 N–H and O–H groups in total. The van der Waals surface area contributed by atoms with Crippen molar-refractivity contribution in [1.29, 1.82) is 0 Å². The first-order valence-corrected chi connectivity index (χ1v) is 6.16. The third-order valence-electron chi connectivity index (χ3n) is 2.74. The highest BCUT2D eigenvalue weighted by Gasteiger charge is 2.00. The molecule has 0 unspecified atom stereocenters. The molecule has 2 rings (SSSR count). The van der Waals surface area contributed by atoms with Gasteiger partial charge in [0.2, 0.25) is 0 Å². The fourth-order valence-electron chi connectivity index (χ4n) is 1.79. The molecule has 0 aliphatic carbocycles. The quantitative estimate of drug-likeness (QED) is 0.798. The molecule has 0 aliphatic heterocycles. The summed E-state index contributed by atoms with van der Waals surface area (Å²) in [6, 6.07) is 10.5. The number of benzene rings is 1. The van der Waals surface area contributed by atoms with Crippen LogP contribution in [-0.2, 0) is 19.4 Å². The molecular weight excluding hydrogens is 210 g/mol. The molecule has 90 valence electrons. The highest BCUT2D eigenvalue weighted by atomic mass is 15.0. The van der Waals surface area contributed by atoms with Gasteiger partial charge in [-0.3, -0.25) is 0 Å². The van der Waals surface area contributed by atoms with Gasteiger partial charge >= 0.3 is 0 Å². The molecule has 0 bridgehead atoms. The molecule has 3 heteroatoms. The first-order chi connectivity index (χ1) is 8.38. The fourth-order valence-corrected chi connectivity index (χ4v) is 1.79. The Labute approximate surface area is 102 Å². The van der Waals surface area contributed by atoms with Gasteiger partial charge in [-0.25, -0.2) is 4.98 Å². The summed E-state index contributed by atoms with van der Waals surface area (Å²) in [6.45, 7) is 3.96. The van der Waals surface area contributed by atoms with Gasteiger partial charge in [0, 0.05) is 24.9 Å². The second-order valence-corrected chi connectivity index (χ2v) is 4.12. The smallest absolute Gasteiger partial charge is 0.106 e. The van der Waals surface area contributed by atoms with Crippen molar-refractivity contribution in [2.24, 2.45) is 0 Å². The number of hydrogen-bond donors (Lipinski definition) is 2. The van der Waals surface area contributed by atoms with E-state index in [9.17, 15) is 0 Å². The van der Waals surface area contributed by atoms with Gasteiger partial charge in [-0.2, -0.15) is 0 Å². The normalized spacial score (nSPS) is 10.6. The SMILES string of the molecule is CCNCc1cnc(CCc2ccccc2)[nH]1. The van der Waals surface area contributed by atoms with Crippen LogP contribution in [0.1, 0.15) is 24.0 Å². The van der Waals surface area contributed by atoms with Gasteiger partial charge in [0.15, 0.2) is 0 Å². The van der Waals surface area contributed by atoms with Crippen molar-refractivity contribution in [3.8, 4) is 0 Å². The lowest BCUT2D eigenvalue weighted by Gasteiger charge is -1.99. The zero-order chi connectivity index (χ0) is 11.9. The van der Waals surface area contributed by atoms with Crippen molar-refractivity contribution in [1.82, 2.24) is 15.3 Å². The van der Waals surface area contributed by atoms with Crippen molar-refractivity contribution < 1.29 is 0 Å². The number of imidazole rings is 1. The minimum atomic E-state index is 0.870. The van der Waals surface area contributed by atoms with Gasteiger partial charge in [0.1, 0.15) is 5.82 Å². The van der Waals surface area contributed by atoms with Crippen molar-refractivity contribution in [2.75, 3.05) is 6.54 Å². The van der Waals surface area contributed by atoms with E-state index in [0.29, 0.717) is 0 Å². The molecule has 0 aliphatic rings. The van der Waals surface area contributed by atoms with E-state index in [1.807, 2.05) is 12.3 Å². The number of aryl methyl sites for hydroxylation is 2. The van der Waals surface area contributed by atoms with Crippen LogP contribution in [0.2, 0.25) is 0 Å². The average Bonchev–Trinajstić information content (AvgIpc) is 2.83. The summed E-state index contributed by atoms with van der Waals surface area (Å²) in [6.07, 6.45) is 3.92. The zero-order valence-electron chi connectivity index (χ0n) is 10.2. The molecule has 0 saturated carbocycles. The summed E-state index contributed by atoms with van der Waals surface area (Å²) in [4.78, 5) is 7.73. The number of hydrogen-bond acceptors (Lipinski definition) is 2. The summed E-state index contributed by atoms with van der Waals surface area (Å²) < 4.78 is 0. The van der Waals surface area contributed by atoms with E-state index >= 15 is 0 Å². The third kappa shape index (κ3) is 3.71. The molecule has 0 fully saturated rings. The van der Waals surface area contributed by atoms with E-state index in [1.165, 1.54) is 5.56 Å². The van der Waals surface area contributed by atoms with Crippen molar-refractivity contribution in [3.63, 3.8) is 0 Å². The molecule has 17 heavy (non-hydrogen) atoms. The van der Waals surface area contributed by atoms with Crippen LogP contribution >= 0.6 is 0 Å². The zero-order valence-corrected chi connectivity index (χ0v) is 10.2. The van der Waals surface area contributed by atoms with Gasteiger partial charge in [-0.1, -0.05) is 37.3 Å². The van der Waals surface area contributed by atoms with Crippen LogP contribution in [0.5, 0.6) is 0 Å². The highest BCUT2D eigenvalue weighted by Crippen LogP contribution is 2.05. The van der Waals surface area contributed by atoms with Crippen LogP contribution in [-0.4, -0.2) is 16.5 Å². The monoisotopic (exact) mass is 229 g/mol. The average molecular weight is 229 g/mol. The van der Waals surface area contributed by atoms with E-state index in [-0.39, 0.29) is 0 Å². The molecule has 1 aromatic heterocycles. The van der Waals surface area contributed by atoms with Crippen LogP contribution in [0.4, 0.5) is 0 Å². The molecule has 0 spiro atoms. The number of H-pyrrole nitrogens is 1. The third-order valence-corrected chi connectivity index (χ3v) is 2.74. The van der Waals surface area contributed by atoms with Crippen LogP contribution in [0, 0.1) is 0 Å². The van der Waals surface area contributed by atoms with Crippen LogP contribution < -0.4 is 5.32 Å². The Hall–Kier alpha value is -1.61. The maximum Gasteiger partial charge on any atom is 0.106 e. The summed E-state index contributed by atoms with van der Waals surface area (Å²) in [7, 11) is 0. The van der Waals surface area contributed by atoms with E-state index in [4.69, 9.17) is 0 Å². The van der Waals surface area contributed by atoms with Crippen molar-refractivity contribution in [3.05, 3.63) is 53.6 Å². The Morgan fingerprint density at radius 1 is 1.18 bits per heavy atom. The van der Waals surface area contributed by atoms with Crippen LogP contribution in [0.15, 0.2) is 36.5 Å². The summed E-state index contributed by atoms with van der Waals surface area (Å²) >= 11 is 0. The highest BCUT2D eigenvalue weighted by molar-refractivity contribution is 5.15. The largest absolute Gasteiger partial charge is 0.345 e. The number of aromatic nitrogens is 2. The number of rotatable bonds is 6. The predicted octanol–water partition coefficient (Wildman–Crippen LogP) is 2.30. The predicted molar refractivity (Wildman–Crippen MR) is 69.8 cm³/mol. The van der Waals surface area contributed by atoms with Crippen molar-refractivity contribution in [2.45, 2.75) is 26.3 Å². The van der Waals surface area contributed by atoms with Gasteiger partial charge < -0.3 is 10.3 Å². The Morgan fingerprint density at radius 3 is 2.76 bits per heavy atom. The van der Waals surface area contributed by atoms with E-state index in [2.05, 4.69) is 46.5 Å². The molecular formula is C14H19N3. The molecule has 1 aromatic carbocycles. The van der Waals surface area contributed by atoms with E-state index in [0.717, 1.165) is 37.4 Å². The molecule has 3 nitrogen and oxygen atoms in total. The summed E-state index contributed by atoms with van der Waals surface area (Å²) in [5.74, 6) is 1.07. The number of nitrogens with zero attached hydrogens (tertiary/aromatic N) is 1. The summed E-state index contributed by atoms with van der Waals surface area (Å²) in [5.41, 5.74) is 2.52. The van der Waals surface area contributed by atoms with Crippen LogP contribution in [0.3, 0.4) is 0 Å². The van der Waals surface area contributed by atoms with Gasteiger partial charge in [-0.15, -0.1) is 0 Å². The lowest BCUT2D eigenvalue weighted by atomic mass is 10.1. The minimum absolute atomic E-state index is 0.870. The molecule has 1 heterocycles. The van der Waals surface area contributed by atoms with Crippen molar-refractivity contribution >= 4 is 0 Å². The first-order valence-electron chi connectivity index (χ1n) is 6.16. The molecule has 0 atom stereocenters. The second-order valence-electron chi connectivity index (χ2n) is 4.12. The molecule has 2 aromatic rings. The van der Waals surface area contributed by atoms with Gasteiger partial charge in [-0.05, 0) is 18.5 Å². The Balaban J connectivity index is 1.85. The lowest BCUT2D eigenvalue weighted by Crippen LogP contribution is -2.11. The fraction of sp³-hybridized carbons (Fsp3) is 0.357. The topological polar surface area (TPSA) is 40.7 Å². The Kier molecular flexibility index (Phi) is 4.33. The van der Waals surface area contributed by atoms with E-state index < -0.39 is 0 Å². The maximum absolute atomic E-state index is 4.39. The lowest BCUT2D eigenvalue weighted by molar-refractivity contribution is 0.711. The number of aromatic amines is 1. The Morgan fingerprint density at radius 2 is 2.00 bits per heavy atom. The van der Waals surface area contributed by atoms with Gasteiger partial charge in [0.25, 0.3) is 0 Å². The molecule has 0 radical (unpaired) electrons. The molecule has 0 amide bonds. The van der Waals surface area contributed by atoms with Gasteiger partial charge in [0.05, 0.1) is 0 Å². The molecule has 0 saturated heterocycles. The maximum atomic E-state index is 4.39. The van der Waals surface area contributed by atoms with E-state index in [1.54, 1.807) is 0 Å². The number of nitrogens with one attached hydrogen (secondary N) is 2. The summed E-state index contributed by atoms with van der Waals surface area (Å²) in [5, 5.41) is 3.28.